The van der Waals surface area contributed by atoms with Gasteiger partial charge in [-0.1, -0.05) is 12.1 Å². The number of nitrogens with one attached hydrogen (secondary N) is 1. The molecule has 0 saturated carbocycles. The topological polar surface area (TPSA) is 79.6 Å². The fourth-order valence-electron chi connectivity index (χ4n) is 2.25. The number of sulfonamides is 1. The molecule has 1 N–H and O–H groups in total. The highest BCUT2D eigenvalue weighted by molar-refractivity contribution is 7.88. The van der Waals surface area contributed by atoms with Gasteiger partial charge in [0.2, 0.25) is 15.9 Å². The van der Waals surface area contributed by atoms with Crippen LogP contribution in [0.2, 0.25) is 0 Å². The lowest BCUT2D eigenvalue weighted by atomic mass is 10.1. The lowest BCUT2D eigenvalue weighted by Gasteiger charge is -2.18. The Labute approximate surface area is 146 Å². The van der Waals surface area contributed by atoms with Crippen LogP contribution < -0.4 is 5.32 Å². The molecule has 0 spiro atoms. The second-order valence-corrected chi connectivity index (χ2v) is 7.63. The highest BCUT2D eigenvalue weighted by Gasteiger charge is 2.19. The monoisotopic (exact) mass is 368 g/mol. The first kappa shape index (κ1) is 19.1. The van der Waals surface area contributed by atoms with E-state index in [1.807, 2.05) is 0 Å². The summed E-state index contributed by atoms with van der Waals surface area (Å²) in [5, 5.41) is 2.73. The van der Waals surface area contributed by atoms with Gasteiger partial charge < -0.3 is 9.73 Å². The highest BCUT2D eigenvalue weighted by atomic mass is 32.2. The summed E-state index contributed by atoms with van der Waals surface area (Å²) < 4.78 is 42.8. The summed E-state index contributed by atoms with van der Waals surface area (Å²) in [5.41, 5.74) is 0.914. The third kappa shape index (κ3) is 6.67. The van der Waals surface area contributed by atoms with Gasteiger partial charge in [0.05, 0.1) is 19.1 Å². The van der Waals surface area contributed by atoms with Crippen LogP contribution >= 0.6 is 0 Å². The van der Waals surface area contributed by atoms with Gasteiger partial charge in [0.25, 0.3) is 0 Å². The molecule has 6 nitrogen and oxygen atoms in total. The Kier molecular flexibility index (Phi) is 6.72. The third-order valence-corrected chi connectivity index (χ3v) is 4.87. The van der Waals surface area contributed by atoms with E-state index in [-0.39, 0.29) is 31.2 Å². The van der Waals surface area contributed by atoms with Crippen LogP contribution in [-0.2, 0) is 27.8 Å². The van der Waals surface area contributed by atoms with E-state index in [4.69, 9.17) is 4.42 Å². The number of carbonyl (C=O) groups is 1. The molecular formula is C17H21FN2O4S. The maximum atomic E-state index is 12.8. The average molecular weight is 368 g/mol. The minimum Gasteiger partial charge on any atom is -0.468 e. The Morgan fingerprint density at radius 2 is 1.96 bits per heavy atom. The molecule has 2 rings (SSSR count). The van der Waals surface area contributed by atoms with Gasteiger partial charge in [-0.05, 0) is 36.2 Å². The third-order valence-electron chi connectivity index (χ3n) is 3.62. The summed E-state index contributed by atoms with van der Waals surface area (Å²) in [5.74, 6) is -0.0254. The molecule has 1 heterocycles. The smallest absolute Gasteiger partial charge is 0.221 e. The zero-order valence-corrected chi connectivity index (χ0v) is 14.8. The summed E-state index contributed by atoms with van der Waals surface area (Å²) >= 11 is 0. The van der Waals surface area contributed by atoms with E-state index in [9.17, 15) is 17.6 Å². The fourth-order valence-corrected chi connectivity index (χ4v) is 3.04. The van der Waals surface area contributed by atoms with Crippen molar-refractivity contribution in [2.75, 3.05) is 19.3 Å². The first-order valence-corrected chi connectivity index (χ1v) is 9.68. The van der Waals surface area contributed by atoms with Crippen LogP contribution in [-0.4, -0.2) is 38.0 Å². The van der Waals surface area contributed by atoms with Crippen LogP contribution in [0.15, 0.2) is 47.1 Å². The summed E-state index contributed by atoms with van der Waals surface area (Å²) in [6.45, 7) is 0.568. The second kappa shape index (κ2) is 8.77. The molecule has 0 aliphatic rings. The number of hydrogen-bond donors (Lipinski definition) is 1. The van der Waals surface area contributed by atoms with Gasteiger partial charge in [0.15, 0.2) is 0 Å². The molecule has 0 saturated heterocycles. The van der Waals surface area contributed by atoms with E-state index in [0.29, 0.717) is 18.7 Å². The molecule has 0 radical (unpaired) electrons. The highest BCUT2D eigenvalue weighted by Crippen LogP contribution is 2.09. The number of benzene rings is 1. The van der Waals surface area contributed by atoms with Crippen molar-refractivity contribution in [1.29, 1.82) is 0 Å². The molecule has 25 heavy (non-hydrogen) atoms. The molecule has 0 atom stereocenters. The van der Waals surface area contributed by atoms with Crippen LogP contribution in [0.3, 0.4) is 0 Å². The SMILES string of the molecule is CS(=O)(=O)N(CCC(=O)NCCc1ccc(F)cc1)Cc1ccco1. The first-order valence-electron chi connectivity index (χ1n) is 7.83. The van der Waals surface area contributed by atoms with Crippen molar-refractivity contribution in [2.24, 2.45) is 0 Å². The first-order chi connectivity index (χ1) is 11.8. The molecule has 0 fully saturated rings. The van der Waals surface area contributed by atoms with Crippen molar-refractivity contribution >= 4 is 15.9 Å². The molecule has 8 heteroatoms. The van der Waals surface area contributed by atoms with Gasteiger partial charge in [-0.2, -0.15) is 4.31 Å². The van der Waals surface area contributed by atoms with Crippen molar-refractivity contribution in [3.05, 3.63) is 59.8 Å². The number of carbonyl (C=O) groups excluding carboxylic acids is 1. The fraction of sp³-hybridized carbons (Fsp3) is 0.353. The van der Waals surface area contributed by atoms with Gasteiger partial charge in [-0.25, -0.2) is 12.8 Å². The maximum absolute atomic E-state index is 12.8. The molecule has 136 valence electrons. The number of furan rings is 1. The summed E-state index contributed by atoms with van der Waals surface area (Å²) in [6, 6.07) is 9.43. The lowest BCUT2D eigenvalue weighted by Crippen LogP contribution is -2.34. The minimum atomic E-state index is -3.45. The Bertz CT molecular complexity index is 773. The van der Waals surface area contributed by atoms with Crippen molar-refractivity contribution in [1.82, 2.24) is 9.62 Å². The Morgan fingerprint density at radius 3 is 2.56 bits per heavy atom. The number of hydrogen-bond acceptors (Lipinski definition) is 4. The van der Waals surface area contributed by atoms with Crippen LogP contribution in [0.4, 0.5) is 4.39 Å². The predicted octanol–water partition coefficient (Wildman–Crippen LogP) is 1.93. The quantitative estimate of drug-likeness (QED) is 0.733. The molecule has 0 aliphatic heterocycles. The number of amides is 1. The van der Waals surface area contributed by atoms with Crippen molar-refractivity contribution in [3.8, 4) is 0 Å². The van der Waals surface area contributed by atoms with E-state index < -0.39 is 10.0 Å². The molecule has 1 aromatic heterocycles. The zero-order valence-electron chi connectivity index (χ0n) is 13.9. The van der Waals surface area contributed by atoms with E-state index in [1.165, 1.54) is 22.7 Å². The van der Waals surface area contributed by atoms with Gasteiger partial charge in [-0.3, -0.25) is 4.79 Å². The van der Waals surface area contributed by atoms with Crippen LogP contribution in [0.25, 0.3) is 0 Å². The molecule has 0 unspecified atom stereocenters. The summed E-state index contributed by atoms with van der Waals surface area (Å²) in [6.07, 6.45) is 3.20. The molecule has 2 aromatic rings. The van der Waals surface area contributed by atoms with Crippen LogP contribution in [0, 0.1) is 5.82 Å². The summed E-state index contributed by atoms with van der Waals surface area (Å²) in [7, 11) is -3.45. The maximum Gasteiger partial charge on any atom is 0.221 e. The molecule has 0 aliphatic carbocycles. The predicted molar refractivity (Wildman–Crippen MR) is 91.7 cm³/mol. The Balaban J connectivity index is 1.77. The zero-order chi connectivity index (χ0) is 18.3. The van der Waals surface area contributed by atoms with Gasteiger partial charge in [0, 0.05) is 19.5 Å². The molecule has 0 bridgehead atoms. The van der Waals surface area contributed by atoms with Gasteiger partial charge in [0.1, 0.15) is 11.6 Å². The normalized spacial score (nSPS) is 11.6. The van der Waals surface area contributed by atoms with E-state index in [1.54, 1.807) is 24.3 Å². The van der Waals surface area contributed by atoms with E-state index >= 15 is 0 Å². The minimum absolute atomic E-state index is 0.0528. The van der Waals surface area contributed by atoms with Gasteiger partial charge in [-0.15, -0.1) is 0 Å². The number of rotatable bonds is 9. The standard InChI is InChI=1S/C17H21FN2O4S/c1-25(22,23)20(13-16-3-2-12-24-16)11-9-17(21)19-10-8-14-4-6-15(18)7-5-14/h2-7,12H,8-11,13H2,1H3,(H,19,21). The number of halogens is 1. The van der Waals surface area contributed by atoms with Gasteiger partial charge >= 0.3 is 0 Å². The average Bonchev–Trinajstić information content (AvgIpc) is 3.05. The van der Waals surface area contributed by atoms with Crippen molar-refractivity contribution in [2.45, 2.75) is 19.4 Å². The number of nitrogens with zero attached hydrogens (tertiary/aromatic N) is 1. The lowest BCUT2D eigenvalue weighted by molar-refractivity contribution is -0.121. The molecular weight excluding hydrogens is 347 g/mol. The van der Waals surface area contributed by atoms with Crippen molar-refractivity contribution in [3.63, 3.8) is 0 Å². The largest absolute Gasteiger partial charge is 0.468 e. The van der Waals surface area contributed by atoms with Crippen LogP contribution in [0.1, 0.15) is 17.7 Å². The summed E-state index contributed by atoms with van der Waals surface area (Å²) in [4.78, 5) is 11.9. The van der Waals surface area contributed by atoms with E-state index in [0.717, 1.165) is 11.8 Å². The van der Waals surface area contributed by atoms with E-state index in [2.05, 4.69) is 5.32 Å². The Hall–Kier alpha value is -2.19. The second-order valence-electron chi connectivity index (χ2n) is 5.65. The Morgan fingerprint density at radius 1 is 1.24 bits per heavy atom. The molecule has 1 aromatic carbocycles. The van der Waals surface area contributed by atoms with Crippen molar-refractivity contribution < 1.29 is 22.0 Å². The molecule has 1 amide bonds. The van der Waals surface area contributed by atoms with Crippen LogP contribution in [0.5, 0.6) is 0 Å².